The topological polar surface area (TPSA) is 106 Å². The molecule has 27 heavy (non-hydrogen) atoms. The Bertz CT molecular complexity index is 718. The van der Waals surface area contributed by atoms with Crippen LogP contribution >= 0.6 is 0 Å². The van der Waals surface area contributed by atoms with Gasteiger partial charge in [-0.15, -0.1) is 0 Å². The van der Waals surface area contributed by atoms with Crippen molar-refractivity contribution in [2.24, 2.45) is 5.92 Å². The first kappa shape index (κ1) is 19.8. The number of hydrogen-bond donors (Lipinski definition) is 2. The highest BCUT2D eigenvalue weighted by atomic mass is 16.7. The van der Waals surface area contributed by atoms with Gasteiger partial charge in [-0.3, -0.25) is 0 Å². The molecular weight excluding hydrogens is 352 g/mol. The highest BCUT2D eigenvalue weighted by Gasteiger charge is 2.62. The van der Waals surface area contributed by atoms with E-state index in [2.05, 4.69) is 6.58 Å². The van der Waals surface area contributed by atoms with E-state index in [9.17, 15) is 19.8 Å². The van der Waals surface area contributed by atoms with Crippen LogP contribution in [0.2, 0.25) is 0 Å². The van der Waals surface area contributed by atoms with E-state index in [0.29, 0.717) is 12.8 Å². The molecule has 7 heteroatoms. The van der Waals surface area contributed by atoms with Crippen molar-refractivity contribution in [3.63, 3.8) is 0 Å². The van der Waals surface area contributed by atoms with Gasteiger partial charge < -0.3 is 24.4 Å². The Labute approximate surface area is 158 Å². The maximum Gasteiger partial charge on any atom is 0.343 e. The number of fused-ring (bicyclic) bond motifs is 1. The van der Waals surface area contributed by atoms with Gasteiger partial charge in [-0.2, -0.15) is 0 Å². The van der Waals surface area contributed by atoms with Crippen molar-refractivity contribution >= 4 is 11.9 Å². The van der Waals surface area contributed by atoms with Gasteiger partial charge in [0.15, 0.2) is 0 Å². The Morgan fingerprint density at radius 3 is 2.56 bits per heavy atom. The van der Waals surface area contributed by atoms with E-state index < -0.39 is 54.5 Å². The summed E-state index contributed by atoms with van der Waals surface area (Å²) in [5, 5.41) is 19.7. The van der Waals surface area contributed by atoms with Crippen molar-refractivity contribution in [3.05, 3.63) is 35.5 Å². The van der Waals surface area contributed by atoms with Gasteiger partial charge in [-0.25, -0.2) is 9.59 Å². The summed E-state index contributed by atoms with van der Waals surface area (Å²) in [5.74, 6) is -1.73. The fourth-order valence-corrected chi connectivity index (χ4v) is 3.84. The van der Waals surface area contributed by atoms with Crippen molar-refractivity contribution in [2.45, 2.75) is 63.6 Å². The van der Waals surface area contributed by atoms with Crippen LogP contribution in [0, 0.1) is 5.92 Å². The van der Waals surface area contributed by atoms with Crippen LogP contribution in [0.5, 0.6) is 0 Å². The number of aliphatic hydroxyl groups excluding tert-OH is 2. The maximum atomic E-state index is 12.7. The molecule has 2 aliphatic heterocycles. The zero-order valence-electron chi connectivity index (χ0n) is 15.8. The van der Waals surface area contributed by atoms with Crippen molar-refractivity contribution < 1.29 is 34.0 Å². The van der Waals surface area contributed by atoms with Crippen LogP contribution in [0.25, 0.3) is 0 Å². The average molecular weight is 378 g/mol. The lowest BCUT2D eigenvalue weighted by Gasteiger charge is -2.28. The quantitative estimate of drug-likeness (QED) is 0.329. The Morgan fingerprint density at radius 2 is 1.96 bits per heavy atom. The monoisotopic (exact) mass is 378 g/mol. The first-order valence-electron chi connectivity index (χ1n) is 9.10. The van der Waals surface area contributed by atoms with Gasteiger partial charge in [0.25, 0.3) is 0 Å². The molecular formula is C20H26O7. The molecule has 0 aromatic carbocycles. The lowest BCUT2D eigenvalue weighted by molar-refractivity contribution is -0.160. The number of epoxide rings is 1. The summed E-state index contributed by atoms with van der Waals surface area (Å²) in [4.78, 5) is 24.8. The van der Waals surface area contributed by atoms with E-state index in [1.54, 1.807) is 19.1 Å². The number of carbonyl (C=O) groups is 2. The van der Waals surface area contributed by atoms with Crippen LogP contribution in [0.15, 0.2) is 35.5 Å². The summed E-state index contributed by atoms with van der Waals surface area (Å²) in [7, 11) is 0. The highest BCUT2D eigenvalue weighted by molar-refractivity contribution is 5.91. The standard InChI is InChI=1S/C20H26O7/c1-10-5-14(22)6-11(2)8-16(17-12(3)18(23)25-15(17)7-10)26-19(24)20(9-21)13(4)27-20/h6-7,13-17,21-22H,3,5,8-9H2,1-2,4H3/b10-7-,11-6-/t13-,14+,15-,16-,17+,20-/m1/s1. The van der Waals surface area contributed by atoms with E-state index in [0.717, 1.165) is 11.1 Å². The average Bonchev–Trinajstić information content (AvgIpc) is 3.16. The van der Waals surface area contributed by atoms with Crippen LogP contribution in [0.4, 0.5) is 0 Å². The van der Waals surface area contributed by atoms with Gasteiger partial charge in [0.05, 0.1) is 24.7 Å². The molecule has 3 aliphatic rings. The van der Waals surface area contributed by atoms with Gasteiger partial charge in [-0.1, -0.05) is 23.8 Å². The lowest BCUT2D eigenvalue weighted by atomic mass is 9.85. The van der Waals surface area contributed by atoms with Crippen molar-refractivity contribution in [1.82, 2.24) is 0 Å². The molecule has 2 fully saturated rings. The second kappa shape index (κ2) is 7.22. The number of ether oxygens (including phenoxy) is 3. The van der Waals surface area contributed by atoms with E-state index >= 15 is 0 Å². The van der Waals surface area contributed by atoms with E-state index in [-0.39, 0.29) is 5.57 Å². The smallest absolute Gasteiger partial charge is 0.343 e. The zero-order chi connectivity index (χ0) is 19.9. The third-order valence-electron chi connectivity index (χ3n) is 5.47. The fourth-order valence-electron chi connectivity index (χ4n) is 3.84. The molecule has 0 aromatic heterocycles. The first-order chi connectivity index (χ1) is 12.7. The fraction of sp³-hybridized carbons (Fsp3) is 0.600. The van der Waals surface area contributed by atoms with Crippen LogP contribution in [0.3, 0.4) is 0 Å². The Kier molecular flexibility index (Phi) is 5.29. The summed E-state index contributed by atoms with van der Waals surface area (Å²) in [6, 6.07) is 0. The number of hydrogen-bond acceptors (Lipinski definition) is 7. The highest BCUT2D eigenvalue weighted by Crippen LogP contribution is 2.40. The second-order valence-corrected chi connectivity index (χ2v) is 7.67. The van der Waals surface area contributed by atoms with Crippen LogP contribution in [-0.2, 0) is 23.8 Å². The molecule has 2 saturated heterocycles. The predicted molar refractivity (Wildman–Crippen MR) is 95.5 cm³/mol. The second-order valence-electron chi connectivity index (χ2n) is 7.67. The molecule has 0 bridgehead atoms. The minimum atomic E-state index is -1.35. The van der Waals surface area contributed by atoms with Gasteiger partial charge in [-0.05, 0) is 33.3 Å². The van der Waals surface area contributed by atoms with Crippen molar-refractivity contribution in [2.75, 3.05) is 6.61 Å². The van der Waals surface area contributed by atoms with Gasteiger partial charge in [0, 0.05) is 12.0 Å². The van der Waals surface area contributed by atoms with Gasteiger partial charge >= 0.3 is 11.9 Å². The van der Waals surface area contributed by atoms with Gasteiger partial charge in [0.1, 0.15) is 12.2 Å². The van der Waals surface area contributed by atoms with Crippen molar-refractivity contribution in [1.29, 1.82) is 0 Å². The van der Waals surface area contributed by atoms with E-state index in [4.69, 9.17) is 14.2 Å². The Balaban J connectivity index is 1.93. The SMILES string of the molecule is C=C1C(=O)O[C@@H]2/C=C(/C)C[C@H](O)/C=C(/C)C[C@@H](OC(=O)[C@]3(CO)O[C@@H]3C)[C@@H]12. The zero-order valence-corrected chi connectivity index (χ0v) is 15.8. The third-order valence-corrected chi connectivity index (χ3v) is 5.47. The molecule has 1 aliphatic carbocycles. The molecule has 0 unspecified atom stereocenters. The summed E-state index contributed by atoms with van der Waals surface area (Å²) in [5.41, 5.74) is 0.586. The Hall–Kier alpha value is -1.96. The number of carbonyl (C=O) groups excluding carboxylic acids is 2. The first-order valence-corrected chi connectivity index (χ1v) is 9.10. The van der Waals surface area contributed by atoms with Crippen LogP contribution in [0.1, 0.15) is 33.6 Å². The molecule has 7 nitrogen and oxygen atoms in total. The molecule has 0 saturated carbocycles. The molecule has 2 N–H and O–H groups in total. The predicted octanol–water partition coefficient (Wildman–Crippen LogP) is 1.19. The minimum absolute atomic E-state index is 0.249. The molecule has 0 radical (unpaired) electrons. The summed E-state index contributed by atoms with van der Waals surface area (Å²) in [6.07, 6.45) is 1.76. The third kappa shape index (κ3) is 3.72. The largest absolute Gasteiger partial charge is 0.459 e. The molecule has 0 aromatic rings. The van der Waals surface area contributed by atoms with E-state index in [1.807, 2.05) is 13.8 Å². The molecule has 2 heterocycles. The molecule has 0 spiro atoms. The summed E-state index contributed by atoms with van der Waals surface area (Å²) < 4.78 is 16.4. The van der Waals surface area contributed by atoms with Crippen molar-refractivity contribution in [3.8, 4) is 0 Å². The Morgan fingerprint density at radius 1 is 1.33 bits per heavy atom. The lowest BCUT2D eigenvalue weighted by Crippen LogP contribution is -2.40. The molecule has 3 rings (SSSR count). The van der Waals surface area contributed by atoms with Gasteiger partial charge in [0.2, 0.25) is 5.60 Å². The molecule has 0 amide bonds. The van der Waals surface area contributed by atoms with E-state index in [1.165, 1.54) is 0 Å². The summed E-state index contributed by atoms with van der Waals surface area (Å²) in [6.45, 7) is 8.72. The number of esters is 2. The molecule has 148 valence electrons. The number of rotatable bonds is 3. The van der Waals surface area contributed by atoms with Crippen LogP contribution in [-0.4, -0.2) is 58.8 Å². The number of aliphatic hydroxyl groups is 2. The summed E-state index contributed by atoms with van der Waals surface area (Å²) >= 11 is 0. The minimum Gasteiger partial charge on any atom is -0.459 e. The molecule has 6 atom stereocenters. The van der Waals surface area contributed by atoms with Crippen LogP contribution < -0.4 is 0 Å². The maximum absolute atomic E-state index is 12.7. The normalized spacial score (nSPS) is 42.9.